The van der Waals surface area contributed by atoms with E-state index < -0.39 is 0 Å². The quantitative estimate of drug-likeness (QED) is 0.903. The molecule has 1 fully saturated rings. The van der Waals surface area contributed by atoms with E-state index in [0.717, 1.165) is 43.4 Å². The molecule has 1 N–H and O–H groups in total. The summed E-state index contributed by atoms with van der Waals surface area (Å²) < 4.78 is 5.84. The molecule has 2 heterocycles. The largest absolute Gasteiger partial charge is 0.439 e. The molecule has 0 radical (unpaired) electrons. The molecule has 0 amide bonds. The molecule has 0 saturated carbocycles. The Balaban J connectivity index is 0.00000121. The number of hydrogen-bond acceptors (Lipinski definition) is 4. The lowest BCUT2D eigenvalue weighted by atomic mass is 10.2. The van der Waals surface area contributed by atoms with Crippen LogP contribution in [-0.4, -0.2) is 35.6 Å². The van der Waals surface area contributed by atoms with E-state index in [1.807, 2.05) is 24.3 Å². The van der Waals surface area contributed by atoms with Crippen LogP contribution in [-0.2, 0) is 6.54 Å². The van der Waals surface area contributed by atoms with Gasteiger partial charge >= 0.3 is 0 Å². The average molecular weight is 365 g/mol. The molecule has 0 aliphatic carbocycles. The molecule has 4 nitrogen and oxygen atoms in total. The minimum absolute atomic E-state index is 0. The van der Waals surface area contributed by atoms with Crippen molar-refractivity contribution in [2.24, 2.45) is 0 Å². The Kier molecular flexibility index (Phi) is 7.66. The third-order valence-corrected chi connectivity index (χ3v) is 3.88. The third kappa shape index (κ3) is 4.61. The predicted octanol–water partition coefficient (Wildman–Crippen LogP) is 3.63. The van der Waals surface area contributed by atoms with Crippen molar-refractivity contribution in [1.29, 1.82) is 0 Å². The molecular formula is C15H20Cl3N3O. The second-order valence-corrected chi connectivity index (χ2v) is 5.59. The van der Waals surface area contributed by atoms with Gasteiger partial charge in [0.05, 0.1) is 12.7 Å². The van der Waals surface area contributed by atoms with Gasteiger partial charge in [-0.05, 0) is 19.1 Å². The summed E-state index contributed by atoms with van der Waals surface area (Å²) in [6, 6.07) is 8.14. The van der Waals surface area contributed by atoms with E-state index in [4.69, 9.17) is 16.0 Å². The molecule has 1 aromatic carbocycles. The monoisotopic (exact) mass is 363 g/mol. The maximum Gasteiger partial charge on any atom is 0.209 e. The smallest absolute Gasteiger partial charge is 0.209 e. The molecular weight excluding hydrogens is 345 g/mol. The summed E-state index contributed by atoms with van der Waals surface area (Å²) in [4.78, 5) is 6.76. The Morgan fingerprint density at radius 3 is 2.95 bits per heavy atom. The normalized spacial score (nSPS) is 18.4. The molecule has 1 unspecified atom stereocenters. The van der Waals surface area contributed by atoms with Crippen molar-refractivity contribution in [3.05, 3.63) is 41.4 Å². The number of rotatable bonds is 3. The van der Waals surface area contributed by atoms with Crippen molar-refractivity contribution in [2.45, 2.75) is 19.5 Å². The van der Waals surface area contributed by atoms with Gasteiger partial charge in [-0.15, -0.1) is 24.8 Å². The van der Waals surface area contributed by atoms with E-state index in [1.54, 1.807) is 6.20 Å². The first-order valence-corrected chi connectivity index (χ1v) is 7.25. The zero-order chi connectivity index (χ0) is 13.9. The van der Waals surface area contributed by atoms with Gasteiger partial charge in [-0.25, -0.2) is 4.98 Å². The zero-order valence-electron chi connectivity index (χ0n) is 12.3. The Labute approximate surface area is 148 Å². The van der Waals surface area contributed by atoms with E-state index in [9.17, 15) is 0 Å². The van der Waals surface area contributed by atoms with Crippen LogP contribution in [0.25, 0.3) is 11.3 Å². The fourth-order valence-corrected chi connectivity index (χ4v) is 2.64. The molecule has 0 spiro atoms. The number of hydrogen-bond donors (Lipinski definition) is 1. The van der Waals surface area contributed by atoms with Crippen LogP contribution in [0.4, 0.5) is 0 Å². The van der Waals surface area contributed by atoms with Crippen LogP contribution < -0.4 is 5.32 Å². The van der Waals surface area contributed by atoms with Gasteiger partial charge < -0.3 is 9.73 Å². The number of piperazine rings is 1. The molecule has 1 aromatic heterocycles. The number of benzene rings is 1. The SMILES string of the molecule is CC1CNCCN1Cc1ncc(-c2cccc(Cl)c2)o1.Cl.Cl. The summed E-state index contributed by atoms with van der Waals surface area (Å²) in [5.41, 5.74) is 0.963. The Morgan fingerprint density at radius 2 is 2.23 bits per heavy atom. The summed E-state index contributed by atoms with van der Waals surface area (Å²) in [7, 11) is 0. The Bertz CT molecular complexity index is 591. The molecule has 7 heteroatoms. The molecule has 1 atom stereocenters. The van der Waals surface area contributed by atoms with Crippen LogP contribution in [0.2, 0.25) is 5.02 Å². The third-order valence-electron chi connectivity index (χ3n) is 3.64. The van der Waals surface area contributed by atoms with Crippen LogP contribution in [0.15, 0.2) is 34.9 Å². The van der Waals surface area contributed by atoms with Gasteiger partial charge in [0.1, 0.15) is 0 Å². The first-order valence-electron chi connectivity index (χ1n) is 6.88. The van der Waals surface area contributed by atoms with Crippen LogP contribution in [0, 0.1) is 0 Å². The highest BCUT2D eigenvalue weighted by Gasteiger charge is 2.20. The number of oxazole rings is 1. The van der Waals surface area contributed by atoms with Crippen molar-refractivity contribution in [1.82, 2.24) is 15.2 Å². The first-order chi connectivity index (χ1) is 9.72. The van der Waals surface area contributed by atoms with Crippen molar-refractivity contribution in [2.75, 3.05) is 19.6 Å². The topological polar surface area (TPSA) is 41.3 Å². The maximum absolute atomic E-state index is 6.00. The lowest BCUT2D eigenvalue weighted by Crippen LogP contribution is -2.49. The molecule has 1 saturated heterocycles. The van der Waals surface area contributed by atoms with Crippen LogP contribution in [0.5, 0.6) is 0 Å². The maximum atomic E-state index is 6.00. The molecule has 3 rings (SSSR count). The highest BCUT2D eigenvalue weighted by atomic mass is 35.5. The molecule has 0 bridgehead atoms. The lowest BCUT2D eigenvalue weighted by Gasteiger charge is -2.32. The van der Waals surface area contributed by atoms with Crippen molar-refractivity contribution < 1.29 is 4.42 Å². The minimum atomic E-state index is 0. The number of aromatic nitrogens is 1. The summed E-state index contributed by atoms with van der Waals surface area (Å²) in [6.45, 7) is 6.03. The van der Waals surface area contributed by atoms with Gasteiger partial charge in [0.25, 0.3) is 0 Å². The highest BCUT2D eigenvalue weighted by Crippen LogP contribution is 2.24. The molecule has 22 heavy (non-hydrogen) atoms. The molecule has 122 valence electrons. The van der Waals surface area contributed by atoms with Crippen molar-refractivity contribution in [3.63, 3.8) is 0 Å². The van der Waals surface area contributed by atoms with E-state index in [0.29, 0.717) is 11.1 Å². The number of nitrogens with zero attached hydrogens (tertiary/aromatic N) is 2. The molecule has 2 aromatic rings. The van der Waals surface area contributed by atoms with Gasteiger partial charge in [-0.3, -0.25) is 4.90 Å². The van der Waals surface area contributed by atoms with Gasteiger partial charge in [0.2, 0.25) is 5.89 Å². The fraction of sp³-hybridized carbons (Fsp3) is 0.400. The van der Waals surface area contributed by atoms with E-state index in [2.05, 4.69) is 22.1 Å². The Hall–Kier alpha value is -0.780. The predicted molar refractivity (Wildman–Crippen MR) is 94.2 cm³/mol. The van der Waals surface area contributed by atoms with Crippen molar-refractivity contribution >= 4 is 36.4 Å². The van der Waals surface area contributed by atoms with Gasteiger partial charge in [-0.2, -0.15) is 0 Å². The van der Waals surface area contributed by atoms with E-state index in [-0.39, 0.29) is 24.8 Å². The summed E-state index contributed by atoms with van der Waals surface area (Å²) in [6.07, 6.45) is 1.77. The first kappa shape index (κ1) is 19.3. The zero-order valence-corrected chi connectivity index (χ0v) is 14.7. The van der Waals surface area contributed by atoms with Crippen molar-refractivity contribution in [3.8, 4) is 11.3 Å². The number of nitrogens with one attached hydrogen (secondary N) is 1. The highest BCUT2D eigenvalue weighted by molar-refractivity contribution is 6.30. The Morgan fingerprint density at radius 1 is 1.41 bits per heavy atom. The van der Waals surface area contributed by atoms with Crippen LogP contribution in [0.1, 0.15) is 12.8 Å². The van der Waals surface area contributed by atoms with E-state index >= 15 is 0 Å². The van der Waals surface area contributed by atoms with Gasteiger partial charge in [-0.1, -0.05) is 23.7 Å². The standard InChI is InChI=1S/C15H18ClN3O.2ClH/c1-11-8-17-5-6-19(11)10-15-18-9-14(20-15)12-3-2-4-13(16)7-12;;/h2-4,7,9,11,17H,5-6,8,10H2,1H3;2*1H. The summed E-state index contributed by atoms with van der Waals surface area (Å²) in [5, 5.41) is 4.08. The molecule has 1 aliphatic heterocycles. The fourth-order valence-electron chi connectivity index (χ4n) is 2.45. The number of halogens is 3. The van der Waals surface area contributed by atoms with Gasteiger partial charge in [0, 0.05) is 36.3 Å². The summed E-state index contributed by atoms with van der Waals surface area (Å²) >= 11 is 6.00. The van der Waals surface area contributed by atoms with Gasteiger partial charge in [0.15, 0.2) is 5.76 Å². The second-order valence-electron chi connectivity index (χ2n) is 5.15. The second kappa shape index (κ2) is 8.75. The lowest BCUT2D eigenvalue weighted by molar-refractivity contribution is 0.151. The average Bonchev–Trinajstić information content (AvgIpc) is 2.90. The van der Waals surface area contributed by atoms with E-state index in [1.165, 1.54) is 0 Å². The summed E-state index contributed by atoms with van der Waals surface area (Å²) in [5.74, 6) is 1.53. The van der Waals surface area contributed by atoms with Crippen LogP contribution in [0.3, 0.4) is 0 Å². The molecule has 1 aliphatic rings. The minimum Gasteiger partial charge on any atom is -0.439 e. The van der Waals surface area contributed by atoms with Crippen LogP contribution >= 0.6 is 36.4 Å².